The zero-order valence-electron chi connectivity index (χ0n) is 18.4. The number of aryl methyl sites for hydroxylation is 1. The second kappa shape index (κ2) is 9.74. The molecule has 2 N–H and O–H groups in total. The molecule has 0 fully saturated rings. The number of nitrogens with one attached hydrogen (secondary N) is 2. The molecule has 8 heteroatoms. The Morgan fingerprint density at radius 2 is 1.47 bits per heavy atom. The van der Waals surface area contributed by atoms with Gasteiger partial charge >= 0.3 is 0 Å². The lowest BCUT2D eigenvalue weighted by Crippen LogP contribution is -2.16. The normalized spacial score (nSPS) is 11.2. The first-order valence-electron chi connectivity index (χ1n) is 10.0. The molecule has 0 aliphatic rings. The fourth-order valence-electron chi connectivity index (χ4n) is 3.00. The maximum absolute atomic E-state index is 12.9. The number of rotatable bonds is 8. The van der Waals surface area contributed by atoms with Gasteiger partial charge in [-0.2, -0.15) is 0 Å². The predicted molar refractivity (Wildman–Crippen MR) is 125 cm³/mol. The second-order valence-electron chi connectivity index (χ2n) is 7.46. The molecule has 0 heterocycles. The molecule has 0 bridgehead atoms. The molecule has 0 aliphatic heterocycles. The van der Waals surface area contributed by atoms with Gasteiger partial charge in [-0.15, -0.1) is 0 Å². The van der Waals surface area contributed by atoms with E-state index in [1.807, 2.05) is 13.8 Å². The van der Waals surface area contributed by atoms with E-state index in [4.69, 9.17) is 9.47 Å². The molecule has 0 atom stereocenters. The summed E-state index contributed by atoms with van der Waals surface area (Å²) in [6.07, 6.45) is 0.0362. The van der Waals surface area contributed by atoms with Crippen LogP contribution in [0.2, 0.25) is 0 Å². The van der Waals surface area contributed by atoms with Gasteiger partial charge in [0.1, 0.15) is 11.5 Å². The van der Waals surface area contributed by atoms with Gasteiger partial charge in [-0.1, -0.05) is 6.07 Å². The molecule has 3 rings (SSSR count). The van der Waals surface area contributed by atoms with Crippen LogP contribution in [0.4, 0.5) is 11.4 Å². The van der Waals surface area contributed by atoms with Crippen molar-refractivity contribution in [3.63, 3.8) is 0 Å². The quantitative estimate of drug-likeness (QED) is 0.508. The van der Waals surface area contributed by atoms with E-state index in [0.29, 0.717) is 34.0 Å². The van der Waals surface area contributed by atoms with Crippen LogP contribution in [0.15, 0.2) is 71.6 Å². The third-order valence-electron chi connectivity index (χ3n) is 4.57. The highest BCUT2D eigenvalue weighted by Crippen LogP contribution is 2.25. The number of benzene rings is 3. The van der Waals surface area contributed by atoms with E-state index in [-0.39, 0.29) is 16.9 Å². The Bertz CT molecular complexity index is 1190. The van der Waals surface area contributed by atoms with Gasteiger partial charge in [0.25, 0.3) is 15.9 Å². The first-order valence-corrected chi connectivity index (χ1v) is 11.5. The summed E-state index contributed by atoms with van der Waals surface area (Å²) in [5, 5.41) is 2.75. The van der Waals surface area contributed by atoms with Crippen LogP contribution in [-0.4, -0.2) is 27.5 Å². The summed E-state index contributed by atoms with van der Waals surface area (Å²) in [7, 11) is -2.32. The van der Waals surface area contributed by atoms with Crippen LogP contribution in [0.1, 0.15) is 29.8 Å². The van der Waals surface area contributed by atoms with Gasteiger partial charge in [0.15, 0.2) is 0 Å². The van der Waals surface area contributed by atoms with E-state index in [1.165, 1.54) is 13.2 Å². The van der Waals surface area contributed by atoms with Crippen molar-refractivity contribution in [3.8, 4) is 11.5 Å². The van der Waals surface area contributed by atoms with Gasteiger partial charge in [0.05, 0.1) is 18.1 Å². The van der Waals surface area contributed by atoms with Crippen LogP contribution in [-0.2, 0) is 10.0 Å². The Morgan fingerprint density at radius 1 is 0.875 bits per heavy atom. The highest BCUT2D eigenvalue weighted by atomic mass is 32.2. The van der Waals surface area contributed by atoms with Crippen molar-refractivity contribution in [2.45, 2.75) is 31.8 Å². The van der Waals surface area contributed by atoms with Crippen LogP contribution >= 0.6 is 0 Å². The van der Waals surface area contributed by atoms with Crippen molar-refractivity contribution in [2.24, 2.45) is 0 Å². The van der Waals surface area contributed by atoms with Gasteiger partial charge in [0, 0.05) is 16.9 Å². The Kier molecular flexibility index (Phi) is 7.05. The maximum atomic E-state index is 12.9. The third-order valence-corrected chi connectivity index (χ3v) is 6.09. The highest BCUT2D eigenvalue weighted by molar-refractivity contribution is 7.92. The number of amides is 1. The molecule has 3 aromatic carbocycles. The molecule has 168 valence electrons. The SMILES string of the molecule is COc1ccc(NS(=O)(=O)c2cc(NC(=O)c3ccc(OC(C)C)cc3)ccc2C)cc1. The van der Waals surface area contributed by atoms with Crippen molar-refractivity contribution in [3.05, 3.63) is 77.9 Å². The molecule has 0 aliphatic carbocycles. The molecule has 7 nitrogen and oxygen atoms in total. The van der Waals surface area contributed by atoms with Crippen LogP contribution in [0.3, 0.4) is 0 Å². The minimum Gasteiger partial charge on any atom is -0.497 e. The summed E-state index contributed by atoms with van der Waals surface area (Å²) in [4.78, 5) is 12.7. The first-order chi connectivity index (χ1) is 15.2. The standard InChI is InChI=1S/C24H26N2O5S/c1-16(2)31-22-11-6-18(7-12-22)24(27)25-20-8-5-17(3)23(15-20)32(28,29)26-19-9-13-21(30-4)14-10-19/h5-16,26H,1-4H3,(H,25,27). The monoisotopic (exact) mass is 454 g/mol. The maximum Gasteiger partial charge on any atom is 0.262 e. The van der Waals surface area contributed by atoms with Gasteiger partial charge in [0.2, 0.25) is 0 Å². The average molecular weight is 455 g/mol. The lowest BCUT2D eigenvalue weighted by atomic mass is 10.2. The number of hydrogen-bond donors (Lipinski definition) is 2. The zero-order chi connectivity index (χ0) is 23.3. The third kappa shape index (κ3) is 5.79. The van der Waals surface area contributed by atoms with Crippen LogP contribution in [0.5, 0.6) is 11.5 Å². The topological polar surface area (TPSA) is 93.7 Å². The molecule has 1 amide bonds. The van der Waals surface area contributed by atoms with Gasteiger partial charge in [-0.3, -0.25) is 9.52 Å². The molecular weight excluding hydrogens is 428 g/mol. The van der Waals surface area contributed by atoms with E-state index in [2.05, 4.69) is 10.0 Å². The van der Waals surface area contributed by atoms with E-state index in [9.17, 15) is 13.2 Å². The van der Waals surface area contributed by atoms with Gasteiger partial charge in [-0.25, -0.2) is 8.42 Å². The average Bonchev–Trinajstić information content (AvgIpc) is 2.75. The minimum atomic E-state index is -3.86. The molecule has 32 heavy (non-hydrogen) atoms. The molecule has 0 unspecified atom stereocenters. The number of methoxy groups -OCH3 is 1. The minimum absolute atomic E-state index is 0.0362. The van der Waals surface area contributed by atoms with E-state index < -0.39 is 10.0 Å². The van der Waals surface area contributed by atoms with Crippen molar-refractivity contribution < 1.29 is 22.7 Å². The Balaban J connectivity index is 1.77. The zero-order valence-corrected chi connectivity index (χ0v) is 19.2. The van der Waals surface area contributed by atoms with Gasteiger partial charge in [-0.05, 0) is 87.0 Å². The summed E-state index contributed by atoms with van der Waals surface area (Å²) >= 11 is 0. The van der Waals surface area contributed by atoms with Crippen molar-refractivity contribution in [2.75, 3.05) is 17.1 Å². The predicted octanol–water partition coefficient (Wildman–Crippen LogP) is 4.84. The number of hydrogen-bond acceptors (Lipinski definition) is 5. The summed E-state index contributed by atoms with van der Waals surface area (Å²) in [6, 6.07) is 18.1. The van der Waals surface area contributed by atoms with Crippen molar-refractivity contribution >= 4 is 27.3 Å². The highest BCUT2D eigenvalue weighted by Gasteiger charge is 2.18. The van der Waals surface area contributed by atoms with Crippen molar-refractivity contribution in [1.82, 2.24) is 0 Å². The first kappa shape index (κ1) is 23.1. The van der Waals surface area contributed by atoms with Crippen LogP contribution in [0.25, 0.3) is 0 Å². The van der Waals surface area contributed by atoms with Gasteiger partial charge < -0.3 is 14.8 Å². The second-order valence-corrected chi connectivity index (χ2v) is 9.11. The molecule has 0 radical (unpaired) electrons. The molecule has 0 spiro atoms. The van der Waals surface area contributed by atoms with E-state index in [0.717, 1.165) is 0 Å². The Hall–Kier alpha value is -3.52. The summed E-state index contributed by atoms with van der Waals surface area (Å²) in [5.41, 5.74) is 1.77. The molecule has 0 aromatic heterocycles. The summed E-state index contributed by atoms with van der Waals surface area (Å²) < 4.78 is 39.1. The summed E-state index contributed by atoms with van der Waals surface area (Å²) in [6.45, 7) is 5.54. The number of carbonyl (C=O) groups is 1. The summed E-state index contributed by atoms with van der Waals surface area (Å²) in [5.74, 6) is 0.943. The molecule has 3 aromatic rings. The lowest BCUT2D eigenvalue weighted by Gasteiger charge is -2.13. The van der Waals surface area contributed by atoms with Crippen molar-refractivity contribution in [1.29, 1.82) is 0 Å². The smallest absolute Gasteiger partial charge is 0.262 e. The van der Waals surface area contributed by atoms with Crippen LogP contribution < -0.4 is 19.5 Å². The van der Waals surface area contributed by atoms with E-state index >= 15 is 0 Å². The number of ether oxygens (including phenoxy) is 2. The fraction of sp³-hybridized carbons (Fsp3) is 0.208. The Labute approximate surface area is 188 Å². The Morgan fingerprint density at radius 3 is 2.06 bits per heavy atom. The molecule has 0 saturated carbocycles. The number of sulfonamides is 1. The van der Waals surface area contributed by atoms with E-state index in [1.54, 1.807) is 67.6 Å². The number of anilines is 2. The fourth-order valence-corrected chi connectivity index (χ4v) is 4.33. The largest absolute Gasteiger partial charge is 0.497 e. The number of carbonyl (C=O) groups excluding carboxylic acids is 1. The molecule has 0 saturated heterocycles. The lowest BCUT2D eigenvalue weighted by molar-refractivity contribution is 0.102. The van der Waals surface area contributed by atoms with Crippen LogP contribution in [0, 0.1) is 6.92 Å². The molecular formula is C24H26N2O5S.